The van der Waals surface area contributed by atoms with E-state index in [1.54, 1.807) is 7.05 Å². The van der Waals surface area contributed by atoms with Gasteiger partial charge in [-0.15, -0.1) is 0 Å². The van der Waals surface area contributed by atoms with E-state index in [1.165, 1.54) is 10.9 Å². The Morgan fingerprint density at radius 1 is 1.59 bits per heavy atom. The lowest BCUT2D eigenvalue weighted by Crippen LogP contribution is -2.16. The van der Waals surface area contributed by atoms with E-state index < -0.39 is 16.8 Å². The Morgan fingerprint density at radius 3 is 2.82 bits per heavy atom. The van der Waals surface area contributed by atoms with Gasteiger partial charge in [0.15, 0.2) is 0 Å². The van der Waals surface area contributed by atoms with Crippen molar-refractivity contribution in [3.8, 4) is 0 Å². The van der Waals surface area contributed by atoms with Crippen molar-refractivity contribution in [2.45, 2.75) is 36.7 Å². The summed E-state index contributed by atoms with van der Waals surface area (Å²) >= 11 is 0. The second-order valence-electron chi connectivity index (χ2n) is 4.37. The molecule has 0 radical (unpaired) electrons. The van der Waals surface area contributed by atoms with Gasteiger partial charge in [-0.3, -0.25) is 8.89 Å². The van der Waals surface area contributed by atoms with Gasteiger partial charge in [-0.1, -0.05) is 12.8 Å². The lowest BCUT2D eigenvalue weighted by Gasteiger charge is -2.09. The van der Waals surface area contributed by atoms with Crippen molar-refractivity contribution < 1.29 is 14.1 Å². The van der Waals surface area contributed by atoms with E-state index in [1.807, 2.05) is 0 Å². The lowest BCUT2D eigenvalue weighted by molar-refractivity contribution is 0.0696. The fourth-order valence-electron chi connectivity index (χ4n) is 2.22. The quantitative estimate of drug-likeness (QED) is 0.881. The summed E-state index contributed by atoms with van der Waals surface area (Å²) in [6, 6.07) is 0. The molecule has 0 bridgehead atoms. The summed E-state index contributed by atoms with van der Waals surface area (Å²) in [7, 11) is 0.702. The first kappa shape index (κ1) is 12.3. The molecule has 5 nitrogen and oxygen atoms in total. The highest BCUT2D eigenvalue weighted by atomic mass is 32.2. The summed E-state index contributed by atoms with van der Waals surface area (Å²) in [5, 5.41) is 13.2. The van der Waals surface area contributed by atoms with Crippen molar-refractivity contribution >= 4 is 16.8 Å². The van der Waals surface area contributed by atoms with Crippen molar-refractivity contribution in [1.82, 2.24) is 9.78 Å². The highest BCUT2D eigenvalue weighted by Crippen LogP contribution is 2.25. The van der Waals surface area contributed by atoms with Crippen molar-refractivity contribution in [3.63, 3.8) is 0 Å². The van der Waals surface area contributed by atoms with Gasteiger partial charge in [0, 0.05) is 23.1 Å². The molecule has 2 rings (SSSR count). The Labute approximate surface area is 102 Å². The molecule has 0 aliphatic heterocycles. The molecule has 1 fully saturated rings. The second kappa shape index (κ2) is 5.00. The van der Waals surface area contributed by atoms with Crippen LogP contribution in [0, 0.1) is 0 Å². The number of carboxylic acids is 1. The molecule has 1 aliphatic carbocycles. The summed E-state index contributed by atoms with van der Waals surface area (Å²) in [5.74, 6) is -0.709. The zero-order valence-corrected chi connectivity index (χ0v) is 10.6. The van der Waals surface area contributed by atoms with Crippen LogP contribution in [0.25, 0.3) is 0 Å². The normalized spacial score (nSPS) is 18.4. The minimum absolute atomic E-state index is 0.166. The highest BCUT2D eigenvalue weighted by Gasteiger charge is 2.24. The van der Waals surface area contributed by atoms with E-state index in [4.69, 9.17) is 5.11 Å². The molecule has 1 N–H and O–H groups in total. The van der Waals surface area contributed by atoms with Crippen LogP contribution in [-0.2, 0) is 23.6 Å². The summed E-state index contributed by atoms with van der Waals surface area (Å²) in [6.07, 6.45) is 5.57. The Bertz CT molecular complexity index is 450. The Balaban J connectivity index is 2.14. The Hall–Kier alpha value is -1.17. The van der Waals surface area contributed by atoms with Gasteiger partial charge in [-0.2, -0.15) is 5.10 Å². The predicted octanol–water partition coefficient (Wildman–Crippen LogP) is 1.31. The van der Waals surface area contributed by atoms with E-state index in [-0.39, 0.29) is 10.8 Å². The van der Waals surface area contributed by atoms with Crippen molar-refractivity contribution in [3.05, 3.63) is 17.5 Å². The molecule has 17 heavy (non-hydrogen) atoms. The molecule has 1 aliphatic rings. The number of hydrogen-bond acceptors (Lipinski definition) is 3. The minimum atomic E-state index is -1.00. The van der Waals surface area contributed by atoms with E-state index in [0.717, 1.165) is 25.7 Å². The van der Waals surface area contributed by atoms with Gasteiger partial charge < -0.3 is 5.11 Å². The molecule has 1 heterocycles. The van der Waals surface area contributed by atoms with Gasteiger partial charge in [0.25, 0.3) is 0 Å². The van der Waals surface area contributed by atoms with Crippen molar-refractivity contribution in [2.24, 2.45) is 7.05 Å². The first-order valence-electron chi connectivity index (χ1n) is 5.71. The molecule has 0 saturated heterocycles. The lowest BCUT2D eigenvalue weighted by atomic mass is 10.3. The third-order valence-corrected chi connectivity index (χ3v) is 5.02. The van der Waals surface area contributed by atoms with Crippen LogP contribution >= 0.6 is 0 Å². The molecule has 0 spiro atoms. The van der Waals surface area contributed by atoms with Crippen LogP contribution < -0.4 is 0 Å². The number of aryl methyl sites for hydroxylation is 1. The summed E-state index contributed by atoms with van der Waals surface area (Å²) < 4.78 is 13.6. The Kier molecular flexibility index (Phi) is 3.61. The van der Waals surface area contributed by atoms with Crippen molar-refractivity contribution in [2.75, 3.05) is 0 Å². The monoisotopic (exact) mass is 256 g/mol. The first-order valence-corrected chi connectivity index (χ1v) is 7.09. The van der Waals surface area contributed by atoms with E-state index in [9.17, 15) is 9.00 Å². The van der Waals surface area contributed by atoms with Gasteiger partial charge >= 0.3 is 5.97 Å². The largest absolute Gasteiger partial charge is 0.478 e. The molecule has 94 valence electrons. The maximum Gasteiger partial charge on any atom is 0.339 e. The van der Waals surface area contributed by atoms with Crippen LogP contribution in [0.15, 0.2) is 6.20 Å². The molecule has 0 amide bonds. The number of aromatic nitrogens is 2. The van der Waals surface area contributed by atoms with Crippen molar-refractivity contribution in [1.29, 1.82) is 0 Å². The van der Waals surface area contributed by atoms with Gasteiger partial charge in [0.05, 0.1) is 17.6 Å². The number of aromatic carboxylic acids is 1. The number of nitrogens with zero attached hydrogens (tertiary/aromatic N) is 2. The van der Waals surface area contributed by atoms with Crippen LogP contribution in [0.1, 0.15) is 41.7 Å². The van der Waals surface area contributed by atoms with Crippen LogP contribution in [0.5, 0.6) is 0 Å². The molecular formula is C11H16N2O3S. The standard InChI is InChI=1S/C11H16N2O3S/c1-13-10(9(6-12-13)11(14)15)7-17(16)8-4-2-3-5-8/h6,8H,2-5,7H2,1H3,(H,14,15). The number of hydrogen-bond donors (Lipinski definition) is 1. The van der Waals surface area contributed by atoms with Gasteiger partial charge in [-0.05, 0) is 12.8 Å². The van der Waals surface area contributed by atoms with Crippen LogP contribution in [0.3, 0.4) is 0 Å². The van der Waals surface area contributed by atoms with E-state index in [0.29, 0.717) is 11.4 Å². The average Bonchev–Trinajstić information content (AvgIpc) is 2.89. The minimum Gasteiger partial charge on any atom is -0.478 e. The molecule has 1 atom stereocenters. The summed E-state index contributed by atoms with van der Waals surface area (Å²) in [6.45, 7) is 0. The van der Waals surface area contributed by atoms with Crippen LogP contribution in [0.2, 0.25) is 0 Å². The van der Waals surface area contributed by atoms with Crippen LogP contribution in [0.4, 0.5) is 0 Å². The molecule has 1 aromatic rings. The Morgan fingerprint density at radius 2 is 2.24 bits per heavy atom. The molecule has 1 aromatic heterocycles. The third-order valence-electron chi connectivity index (χ3n) is 3.24. The molecule has 6 heteroatoms. The maximum atomic E-state index is 12.1. The fourth-order valence-corrected chi connectivity index (χ4v) is 3.92. The zero-order chi connectivity index (χ0) is 12.4. The molecule has 1 saturated carbocycles. The van der Waals surface area contributed by atoms with Gasteiger partial charge in [0.2, 0.25) is 0 Å². The molecular weight excluding hydrogens is 240 g/mol. The zero-order valence-electron chi connectivity index (χ0n) is 9.76. The van der Waals surface area contributed by atoms with Gasteiger partial charge in [0.1, 0.15) is 5.56 Å². The van der Waals surface area contributed by atoms with Gasteiger partial charge in [-0.25, -0.2) is 4.79 Å². The summed E-state index contributed by atoms with van der Waals surface area (Å²) in [4.78, 5) is 11.0. The first-order chi connectivity index (χ1) is 8.09. The van der Waals surface area contributed by atoms with Crippen LogP contribution in [-0.4, -0.2) is 30.3 Å². The SMILES string of the molecule is Cn1ncc(C(=O)O)c1CS(=O)C1CCCC1. The third kappa shape index (κ3) is 2.57. The number of carbonyl (C=O) groups is 1. The van der Waals surface area contributed by atoms with E-state index >= 15 is 0 Å². The second-order valence-corrected chi connectivity index (χ2v) is 6.08. The highest BCUT2D eigenvalue weighted by molar-refractivity contribution is 7.84. The summed E-state index contributed by atoms with van der Waals surface area (Å²) in [5.41, 5.74) is 0.724. The topological polar surface area (TPSA) is 72.2 Å². The number of rotatable bonds is 4. The van der Waals surface area contributed by atoms with E-state index in [2.05, 4.69) is 5.10 Å². The predicted molar refractivity (Wildman–Crippen MR) is 64.3 cm³/mol. The maximum absolute atomic E-state index is 12.1. The fraction of sp³-hybridized carbons (Fsp3) is 0.636. The molecule has 0 aromatic carbocycles. The smallest absolute Gasteiger partial charge is 0.339 e. The molecule has 1 unspecified atom stereocenters. The number of carboxylic acid groups (broad SMARTS) is 1. The average molecular weight is 256 g/mol.